The maximum Gasteiger partial charge on any atom is 0.339 e. The van der Waals surface area contributed by atoms with Gasteiger partial charge in [0.1, 0.15) is 10.8 Å². The molecule has 0 bridgehead atoms. The molecular formula is C42H42N4O8S2. The minimum atomic E-state index is -4.17. The third-order valence-electron chi connectivity index (χ3n) is 9.45. The monoisotopic (exact) mass is 794 g/mol. The van der Waals surface area contributed by atoms with E-state index in [0.29, 0.717) is 34.7 Å². The summed E-state index contributed by atoms with van der Waals surface area (Å²) in [7, 11) is -1.57. The molecule has 0 aliphatic heterocycles. The molecule has 0 atom stereocenters. The minimum absolute atomic E-state index is 0.101. The van der Waals surface area contributed by atoms with Gasteiger partial charge in [-0.2, -0.15) is 0 Å². The summed E-state index contributed by atoms with van der Waals surface area (Å²) in [6, 6.07) is 23.5. The molecule has 2 heterocycles. The number of sulfonamides is 1. The third kappa shape index (κ3) is 8.98. The molecule has 14 heteroatoms. The molecule has 0 unspecified atom stereocenters. The van der Waals surface area contributed by atoms with E-state index in [1.807, 2.05) is 43.3 Å². The van der Waals surface area contributed by atoms with Crippen LogP contribution in [0.4, 0.5) is 16.5 Å². The Morgan fingerprint density at radius 1 is 0.768 bits per heavy atom. The van der Waals surface area contributed by atoms with Crippen molar-refractivity contribution in [2.24, 2.45) is 0 Å². The summed E-state index contributed by atoms with van der Waals surface area (Å²) in [6.45, 7) is 1.94. The van der Waals surface area contributed by atoms with Gasteiger partial charge in [-0.3, -0.25) is 9.59 Å². The van der Waals surface area contributed by atoms with E-state index < -0.39 is 21.9 Å². The summed E-state index contributed by atoms with van der Waals surface area (Å²) in [5, 5.41) is 6.34. The van der Waals surface area contributed by atoms with Crippen molar-refractivity contribution in [1.29, 1.82) is 0 Å². The number of esters is 2. The van der Waals surface area contributed by atoms with E-state index in [-0.39, 0.29) is 40.3 Å². The molecule has 290 valence electrons. The third-order valence-corrected chi connectivity index (χ3v) is 12.5. The second-order valence-electron chi connectivity index (χ2n) is 13.2. The SMILES string of the molecule is CCCN(c1ccc(C(=O)OC)cn1)S(=O)(=O)c1cccc(C(=O)Nc2sc3c(c2C(=O)Nc2ccc(CCc4ccc(C(=O)OC)cc4)cc2)CCCC3)c1. The number of ether oxygens (including phenoxy) is 2. The Balaban J connectivity index is 1.17. The van der Waals surface area contributed by atoms with Crippen LogP contribution in [0.25, 0.3) is 0 Å². The first-order valence-electron chi connectivity index (χ1n) is 18.2. The number of hydrogen-bond donors (Lipinski definition) is 2. The lowest BCUT2D eigenvalue weighted by Crippen LogP contribution is -2.32. The molecule has 1 aliphatic rings. The lowest BCUT2D eigenvalue weighted by Gasteiger charge is -2.23. The Bertz CT molecular complexity index is 2340. The number of benzene rings is 3. The molecule has 0 saturated heterocycles. The summed E-state index contributed by atoms with van der Waals surface area (Å²) < 4.78 is 38.5. The molecule has 0 fully saturated rings. The summed E-state index contributed by atoms with van der Waals surface area (Å²) in [5.41, 5.74) is 4.89. The maximum absolute atomic E-state index is 13.9. The lowest BCUT2D eigenvalue weighted by atomic mass is 9.95. The first-order chi connectivity index (χ1) is 27.0. The molecule has 2 N–H and O–H groups in total. The molecule has 1 aliphatic carbocycles. The molecule has 3 aromatic carbocycles. The highest BCUT2D eigenvalue weighted by atomic mass is 32.2. The van der Waals surface area contributed by atoms with Gasteiger partial charge >= 0.3 is 11.9 Å². The van der Waals surface area contributed by atoms with Gasteiger partial charge in [0.2, 0.25) is 0 Å². The van der Waals surface area contributed by atoms with E-state index in [1.165, 1.54) is 68.2 Å². The summed E-state index contributed by atoms with van der Waals surface area (Å²) in [4.78, 5) is 56.5. The van der Waals surface area contributed by atoms with E-state index in [9.17, 15) is 27.6 Å². The fourth-order valence-corrected chi connectivity index (χ4v) is 9.33. The number of methoxy groups -OCH3 is 2. The average Bonchev–Trinajstić information content (AvgIpc) is 3.60. The molecule has 0 radical (unpaired) electrons. The van der Waals surface area contributed by atoms with Crippen LogP contribution < -0.4 is 14.9 Å². The molecule has 12 nitrogen and oxygen atoms in total. The zero-order chi connectivity index (χ0) is 39.8. The molecule has 0 spiro atoms. The van der Waals surface area contributed by atoms with E-state index in [2.05, 4.69) is 15.6 Å². The minimum Gasteiger partial charge on any atom is -0.465 e. The number of aryl methyl sites for hydroxylation is 3. The van der Waals surface area contributed by atoms with Crippen LogP contribution >= 0.6 is 11.3 Å². The van der Waals surface area contributed by atoms with Gasteiger partial charge in [-0.1, -0.05) is 37.3 Å². The van der Waals surface area contributed by atoms with E-state index >= 15 is 0 Å². The van der Waals surface area contributed by atoms with Crippen molar-refractivity contribution in [2.45, 2.75) is 56.8 Å². The van der Waals surface area contributed by atoms with Crippen LogP contribution in [-0.4, -0.2) is 57.9 Å². The van der Waals surface area contributed by atoms with E-state index in [4.69, 9.17) is 9.47 Å². The zero-order valence-corrected chi connectivity index (χ0v) is 32.9. The van der Waals surface area contributed by atoms with Crippen molar-refractivity contribution in [2.75, 3.05) is 35.7 Å². The number of carbonyl (C=O) groups excluding carboxylic acids is 4. The Morgan fingerprint density at radius 3 is 2.05 bits per heavy atom. The number of pyridine rings is 1. The van der Waals surface area contributed by atoms with Gasteiger partial charge in [-0.05, 0) is 116 Å². The number of amides is 2. The standard InChI is InChI=1S/C42H42N4O8S2/c1-4-24-46(36-23-20-31(26-43-36)42(50)54-3)56(51,52)33-9-7-8-30(25-33)38(47)45-40-37(34-10-5-6-11-35(34)55-40)39(48)44-32-21-16-28(17-22-32)13-12-27-14-18-29(19-15-27)41(49)53-2/h7-9,14-23,25-26H,4-6,10-13,24H2,1-3H3,(H,44,48)(H,45,47). The van der Waals surface area contributed by atoms with Gasteiger partial charge in [0, 0.05) is 28.9 Å². The van der Waals surface area contributed by atoms with Crippen molar-refractivity contribution < 1.29 is 37.1 Å². The maximum atomic E-state index is 13.9. The number of carbonyl (C=O) groups is 4. The predicted molar refractivity (Wildman–Crippen MR) is 215 cm³/mol. The number of aromatic nitrogens is 1. The smallest absolute Gasteiger partial charge is 0.339 e. The Morgan fingerprint density at radius 2 is 1.41 bits per heavy atom. The van der Waals surface area contributed by atoms with Gasteiger partial charge in [0.15, 0.2) is 0 Å². The molecule has 6 rings (SSSR count). The number of hydrogen-bond acceptors (Lipinski definition) is 10. The first-order valence-corrected chi connectivity index (χ1v) is 20.5. The second-order valence-corrected chi connectivity index (χ2v) is 16.2. The Labute approximate surface area is 329 Å². The van der Waals surface area contributed by atoms with Crippen molar-refractivity contribution in [3.05, 3.63) is 135 Å². The summed E-state index contributed by atoms with van der Waals surface area (Å²) >= 11 is 1.37. The number of nitrogens with zero attached hydrogens (tertiary/aromatic N) is 2. The molecule has 5 aromatic rings. The Kier molecular flexibility index (Phi) is 12.6. The molecule has 0 saturated carbocycles. The fourth-order valence-electron chi connectivity index (χ4n) is 6.49. The molecular weight excluding hydrogens is 753 g/mol. The first kappa shape index (κ1) is 39.8. The van der Waals surface area contributed by atoms with Crippen LogP contribution in [0.3, 0.4) is 0 Å². The van der Waals surface area contributed by atoms with Crippen LogP contribution in [0.1, 0.15) is 89.2 Å². The van der Waals surface area contributed by atoms with Crippen molar-refractivity contribution in [3.63, 3.8) is 0 Å². The highest BCUT2D eigenvalue weighted by Gasteiger charge is 2.29. The van der Waals surface area contributed by atoms with Crippen LogP contribution in [0, 0.1) is 0 Å². The average molecular weight is 795 g/mol. The van der Waals surface area contributed by atoms with Crippen LogP contribution in [-0.2, 0) is 45.2 Å². The molecule has 2 amide bonds. The van der Waals surface area contributed by atoms with Gasteiger partial charge in [-0.15, -0.1) is 11.3 Å². The quantitative estimate of drug-likeness (QED) is 0.109. The topological polar surface area (TPSA) is 161 Å². The van der Waals surface area contributed by atoms with Gasteiger partial charge in [-0.25, -0.2) is 27.3 Å². The number of thiophene rings is 1. The zero-order valence-electron chi connectivity index (χ0n) is 31.3. The number of rotatable bonds is 14. The van der Waals surface area contributed by atoms with Crippen LogP contribution in [0.2, 0.25) is 0 Å². The number of nitrogens with one attached hydrogen (secondary N) is 2. The largest absolute Gasteiger partial charge is 0.465 e. The highest BCUT2D eigenvalue weighted by molar-refractivity contribution is 7.92. The molecule has 2 aromatic heterocycles. The van der Waals surface area contributed by atoms with Crippen molar-refractivity contribution in [3.8, 4) is 0 Å². The lowest BCUT2D eigenvalue weighted by molar-refractivity contribution is 0.0591. The van der Waals surface area contributed by atoms with Gasteiger partial charge < -0.3 is 20.1 Å². The summed E-state index contributed by atoms with van der Waals surface area (Å²) in [6.07, 6.45) is 6.68. The van der Waals surface area contributed by atoms with Gasteiger partial charge in [0.25, 0.3) is 21.8 Å². The number of anilines is 3. The molecule has 56 heavy (non-hydrogen) atoms. The van der Waals surface area contributed by atoms with Crippen molar-refractivity contribution in [1.82, 2.24) is 4.98 Å². The van der Waals surface area contributed by atoms with Crippen LogP contribution in [0.15, 0.2) is 96.0 Å². The van der Waals surface area contributed by atoms with E-state index in [0.717, 1.165) is 58.0 Å². The normalized spacial score (nSPS) is 12.3. The number of fused-ring (bicyclic) bond motifs is 1. The summed E-state index contributed by atoms with van der Waals surface area (Å²) in [5.74, 6) is -1.74. The van der Waals surface area contributed by atoms with Crippen LogP contribution in [0.5, 0.6) is 0 Å². The van der Waals surface area contributed by atoms with Gasteiger partial charge in [0.05, 0.1) is 35.8 Å². The highest BCUT2D eigenvalue weighted by Crippen LogP contribution is 2.39. The Hall–Kier alpha value is -5.86. The predicted octanol–water partition coefficient (Wildman–Crippen LogP) is 7.49. The fraction of sp³-hybridized carbons (Fsp3) is 0.262. The van der Waals surface area contributed by atoms with Crippen molar-refractivity contribution >= 4 is 61.6 Å². The second kappa shape index (κ2) is 17.7. The van der Waals surface area contributed by atoms with E-state index in [1.54, 1.807) is 12.1 Å².